The molecule has 3 rings (SSSR count). The number of aromatic amines is 1. The van der Waals surface area contributed by atoms with Crippen LogP contribution in [-0.2, 0) is 0 Å². The Morgan fingerprint density at radius 1 is 1.30 bits per heavy atom. The van der Waals surface area contributed by atoms with Gasteiger partial charge in [0.05, 0.1) is 10.4 Å². The highest BCUT2D eigenvalue weighted by Crippen LogP contribution is 2.36. The van der Waals surface area contributed by atoms with Gasteiger partial charge in [-0.2, -0.15) is 0 Å². The average Bonchev–Trinajstić information content (AvgIpc) is 2.78. The van der Waals surface area contributed by atoms with Crippen molar-refractivity contribution in [3.8, 4) is 0 Å². The van der Waals surface area contributed by atoms with Crippen LogP contribution in [-0.4, -0.2) is 15.9 Å². The largest absolute Gasteiger partial charge is 0.364 e. The Morgan fingerprint density at radius 2 is 2.15 bits per heavy atom. The van der Waals surface area contributed by atoms with Gasteiger partial charge in [0, 0.05) is 15.6 Å². The van der Waals surface area contributed by atoms with Gasteiger partial charge in [0.15, 0.2) is 0 Å². The number of carbonyl (C=O) groups excluding carboxylic acids is 1. The number of benzene rings is 1. The first-order valence-electron chi connectivity index (χ1n) is 5.85. The molecule has 0 radical (unpaired) electrons. The molecule has 6 heteroatoms. The molecule has 1 amide bonds. The van der Waals surface area contributed by atoms with E-state index in [4.69, 9.17) is 5.73 Å². The van der Waals surface area contributed by atoms with Crippen molar-refractivity contribution in [2.75, 3.05) is 0 Å². The number of carbonyl (C=O) groups is 1. The Bertz CT molecular complexity index is 800. The molecule has 0 saturated heterocycles. The molecule has 3 aromatic rings. The van der Waals surface area contributed by atoms with Gasteiger partial charge in [0.2, 0.25) is 0 Å². The van der Waals surface area contributed by atoms with Crippen molar-refractivity contribution < 1.29 is 4.79 Å². The standard InChI is InChI=1S/C14H10BrN3OS/c15-8-3-1-4-9(7-8)20-13-11-10(5-2-6-17-11)18-12(13)14(16)19/h1-7,18H,(H2,16,19). The molecule has 0 spiro atoms. The molecular formula is C14H10BrN3OS. The summed E-state index contributed by atoms with van der Waals surface area (Å²) in [5.41, 5.74) is 7.39. The number of amides is 1. The van der Waals surface area contributed by atoms with Crippen LogP contribution in [0.25, 0.3) is 11.0 Å². The van der Waals surface area contributed by atoms with Crippen molar-refractivity contribution in [1.29, 1.82) is 0 Å². The lowest BCUT2D eigenvalue weighted by atomic mass is 10.3. The molecule has 0 aliphatic carbocycles. The molecule has 20 heavy (non-hydrogen) atoms. The zero-order valence-electron chi connectivity index (χ0n) is 10.3. The molecule has 0 fully saturated rings. The van der Waals surface area contributed by atoms with Crippen molar-refractivity contribution in [1.82, 2.24) is 9.97 Å². The maximum atomic E-state index is 11.6. The smallest absolute Gasteiger partial charge is 0.266 e. The van der Waals surface area contributed by atoms with Gasteiger partial charge in [-0.3, -0.25) is 9.78 Å². The zero-order chi connectivity index (χ0) is 14.1. The normalized spacial score (nSPS) is 10.8. The minimum absolute atomic E-state index is 0.392. The molecule has 3 N–H and O–H groups in total. The molecule has 0 unspecified atom stereocenters. The van der Waals surface area contributed by atoms with Crippen molar-refractivity contribution in [2.24, 2.45) is 5.73 Å². The number of primary amides is 1. The third-order valence-corrected chi connectivity index (χ3v) is 4.36. The van der Waals surface area contributed by atoms with Gasteiger partial charge in [0.25, 0.3) is 5.91 Å². The Labute approximate surface area is 127 Å². The highest BCUT2D eigenvalue weighted by molar-refractivity contribution is 9.10. The molecule has 0 atom stereocenters. The van der Waals surface area contributed by atoms with Crippen LogP contribution in [0.3, 0.4) is 0 Å². The van der Waals surface area contributed by atoms with Gasteiger partial charge < -0.3 is 10.7 Å². The fourth-order valence-corrected chi connectivity index (χ4v) is 3.55. The van der Waals surface area contributed by atoms with E-state index in [1.807, 2.05) is 36.4 Å². The molecule has 0 bridgehead atoms. The van der Waals surface area contributed by atoms with Crippen LogP contribution in [0.5, 0.6) is 0 Å². The summed E-state index contributed by atoms with van der Waals surface area (Å²) < 4.78 is 0.982. The second-order valence-electron chi connectivity index (χ2n) is 4.15. The van der Waals surface area contributed by atoms with E-state index >= 15 is 0 Å². The molecule has 0 saturated carbocycles. The van der Waals surface area contributed by atoms with Gasteiger partial charge >= 0.3 is 0 Å². The SMILES string of the molecule is NC(=O)c1[nH]c2cccnc2c1Sc1cccc(Br)c1. The molecule has 2 aromatic heterocycles. The molecule has 1 aromatic carbocycles. The fourth-order valence-electron chi connectivity index (χ4n) is 1.92. The lowest BCUT2D eigenvalue weighted by Gasteiger charge is -2.02. The third kappa shape index (κ3) is 2.44. The van der Waals surface area contributed by atoms with Crippen molar-refractivity contribution >= 4 is 44.6 Å². The van der Waals surface area contributed by atoms with Crippen LogP contribution < -0.4 is 5.73 Å². The minimum atomic E-state index is -0.486. The highest BCUT2D eigenvalue weighted by atomic mass is 79.9. The van der Waals surface area contributed by atoms with Gasteiger partial charge in [-0.25, -0.2) is 0 Å². The summed E-state index contributed by atoms with van der Waals surface area (Å²) in [5, 5.41) is 0. The van der Waals surface area contributed by atoms with Crippen molar-refractivity contribution in [3.63, 3.8) is 0 Å². The predicted octanol–water partition coefficient (Wildman–Crippen LogP) is 3.58. The van der Waals surface area contributed by atoms with Crippen LogP contribution in [0, 0.1) is 0 Å². The van der Waals surface area contributed by atoms with E-state index in [9.17, 15) is 4.79 Å². The first kappa shape index (κ1) is 13.2. The number of nitrogens with two attached hydrogens (primary N) is 1. The number of hydrogen-bond donors (Lipinski definition) is 2. The highest BCUT2D eigenvalue weighted by Gasteiger charge is 2.17. The summed E-state index contributed by atoms with van der Waals surface area (Å²) >= 11 is 4.90. The van der Waals surface area contributed by atoms with E-state index in [1.54, 1.807) is 6.20 Å². The van der Waals surface area contributed by atoms with Crippen LogP contribution in [0.2, 0.25) is 0 Å². The number of halogens is 1. The summed E-state index contributed by atoms with van der Waals surface area (Å²) in [4.78, 5) is 20.7. The average molecular weight is 348 g/mol. The Balaban J connectivity index is 2.14. The second-order valence-corrected chi connectivity index (χ2v) is 6.15. The van der Waals surface area contributed by atoms with E-state index in [-0.39, 0.29) is 0 Å². The lowest BCUT2D eigenvalue weighted by molar-refractivity contribution is 0.0993. The van der Waals surface area contributed by atoms with E-state index in [2.05, 4.69) is 25.9 Å². The quantitative estimate of drug-likeness (QED) is 0.760. The number of nitrogens with one attached hydrogen (secondary N) is 1. The van der Waals surface area contributed by atoms with E-state index in [0.717, 1.165) is 25.3 Å². The van der Waals surface area contributed by atoms with E-state index < -0.39 is 5.91 Å². The maximum Gasteiger partial charge on any atom is 0.266 e. The topological polar surface area (TPSA) is 71.8 Å². The van der Waals surface area contributed by atoms with Gasteiger partial charge in [-0.05, 0) is 30.3 Å². The van der Waals surface area contributed by atoms with Crippen molar-refractivity contribution in [2.45, 2.75) is 9.79 Å². The minimum Gasteiger partial charge on any atom is -0.364 e. The molecule has 0 aliphatic heterocycles. The third-order valence-electron chi connectivity index (χ3n) is 2.77. The lowest BCUT2D eigenvalue weighted by Crippen LogP contribution is -2.12. The number of fused-ring (bicyclic) bond motifs is 1. The number of H-pyrrole nitrogens is 1. The monoisotopic (exact) mass is 347 g/mol. The van der Waals surface area contributed by atoms with E-state index in [1.165, 1.54) is 11.8 Å². The summed E-state index contributed by atoms with van der Waals surface area (Å²) in [5.74, 6) is -0.486. The van der Waals surface area contributed by atoms with Gasteiger partial charge in [0.1, 0.15) is 11.2 Å². The number of nitrogens with zero attached hydrogens (tertiary/aromatic N) is 1. The van der Waals surface area contributed by atoms with Crippen LogP contribution in [0.15, 0.2) is 56.9 Å². The van der Waals surface area contributed by atoms with Gasteiger partial charge in [-0.15, -0.1) is 0 Å². The zero-order valence-corrected chi connectivity index (χ0v) is 12.7. The Morgan fingerprint density at radius 3 is 2.90 bits per heavy atom. The number of pyridine rings is 1. The molecule has 0 aliphatic rings. The van der Waals surface area contributed by atoms with E-state index in [0.29, 0.717) is 5.69 Å². The molecular weight excluding hydrogens is 338 g/mol. The first-order chi connectivity index (χ1) is 9.65. The first-order valence-corrected chi connectivity index (χ1v) is 7.46. The summed E-state index contributed by atoms with van der Waals surface area (Å²) in [6.07, 6.45) is 1.70. The molecule has 4 nitrogen and oxygen atoms in total. The molecule has 2 heterocycles. The molecule has 100 valence electrons. The second kappa shape index (κ2) is 5.30. The summed E-state index contributed by atoms with van der Waals surface area (Å²) in [6, 6.07) is 11.5. The Kier molecular flexibility index (Phi) is 3.50. The number of rotatable bonds is 3. The van der Waals surface area contributed by atoms with Crippen molar-refractivity contribution in [3.05, 3.63) is 52.8 Å². The number of aromatic nitrogens is 2. The van der Waals surface area contributed by atoms with Crippen LogP contribution in [0.1, 0.15) is 10.5 Å². The van der Waals surface area contributed by atoms with Gasteiger partial charge in [-0.1, -0.05) is 33.8 Å². The van der Waals surface area contributed by atoms with Crippen LogP contribution in [0.4, 0.5) is 0 Å². The Hall–Kier alpha value is -1.79. The fraction of sp³-hybridized carbons (Fsp3) is 0. The van der Waals surface area contributed by atoms with Crippen LogP contribution >= 0.6 is 27.7 Å². The number of hydrogen-bond acceptors (Lipinski definition) is 3. The summed E-state index contributed by atoms with van der Waals surface area (Å²) in [7, 11) is 0. The predicted molar refractivity (Wildman–Crippen MR) is 82.9 cm³/mol. The summed E-state index contributed by atoms with van der Waals surface area (Å²) in [6.45, 7) is 0. The maximum absolute atomic E-state index is 11.6.